The Hall–Kier alpha value is -3.42. The quantitative estimate of drug-likeness (QED) is 0.654. The summed E-state index contributed by atoms with van der Waals surface area (Å²) in [7, 11) is 6.26. The summed E-state index contributed by atoms with van der Waals surface area (Å²) in [5.41, 5.74) is 7.92. The standard InChI is InChI=1S/C18H20N4O4/c1-23-13-6-5-11(19)9-12(13)18-20-17(21-22-18)10-7-14(24-2)16(26-4)15(8-10)25-3/h5-9H,19H2,1-4H3,(H,20,21,22). The molecule has 0 atom stereocenters. The lowest BCUT2D eigenvalue weighted by atomic mass is 10.1. The van der Waals surface area contributed by atoms with E-state index in [2.05, 4.69) is 15.2 Å². The average Bonchev–Trinajstić information content (AvgIpc) is 3.16. The molecule has 26 heavy (non-hydrogen) atoms. The summed E-state index contributed by atoms with van der Waals surface area (Å²) >= 11 is 0. The minimum absolute atomic E-state index is 0.476. The van der Waals surface area contributed by atoms with Crippen LogP contribution in [0.3, 0.4) is 0 Å². The van der Waals surface area contributed by atoms with Gasteiger partial charge >= 0.3 is 0 Å². The number of nitrogens with one attached hydrogen (secondary N) is 1. The van der Waals surface area contributed by atoms with Gasteiger partial charge in [0, 0.05) is 11.3 Å². The van der Waals surface area contributed by atoms with Crippen LogP contribution in [0.15, 0.2) is 30.3 Å². The van der Waals surface area contributed by atoms with Gasteiger partial charge in [0.15, 0.2) is 23.1 Å². The number of hydrogen-bond acceptors (Lipinski definition) is 7. The van der Waals surface area contributed by atoms with Crippen molar-refractivity contribution in [3.8, 4) is 45.8 Å². The van der Waals surface area contributed by atoms with E-state index in [1.54, 1.807) is 58.8 Å². The van der Waals surface area contributed by atoms with E-state index < -0.39 is 0 Å². The predicted octanol–water partition coefficient (Wildman–Crippen LogP) is 2.76. The maximum atomic E-state index is 5.88. The van der Waals surface area contributed by atoms with Gasteiger partial charge in [-0.15, -0.1) is 0 Å². The minimum Gasteiger partial charge on any atom is -0.496 e. The summed E-state index contributed by atoms with van der Waals surface area (Å²) in [4.78, 5) is 4.55. The molecule has 0 radical (unpaired) electrons. The van der Waals surface area contributed by atoms with Crippen LogP contribution in [0.5, 0.6) is 23.0 Å². The fourth-order valence-electron chi connectivity index (χ4n) is 2.63. The van der Waals surface area contributed by atoms with Crippen molar-refractivity contribution in [3.05, 3.63) is 30.3 Å². The predicted molar refractivity (Wildman–Crippen MR) is 97.9 cm³/mol. The average molecular weight is 356 g/mol. The molecule has 0 amide bonds. The third kappa shape index (κ3) is 3.08. The van der Waals surface area contributed by atoms with E-state index in [1.807, 2.05) is 0 Å². The SMILES string of the molecule is COc1ccc(N)cc1-c1nc(-c2cc(OC)c(OC)c(OC)c2)n[nH]1. The Morgan fingerprint density at radius 2 is 1.50 bits per heavy atom. The zero-order valence-corrected chi connectivity index (χ0v) is 15.0. The highest BCUT2D eigenvalue weighted by molar-refractivity contribution is 5.72. The van der Waals surface area contributed by atoms with Crippen molar-refractivity contribution >= 4 is 5.69 Å². The smallest absolute Gasteiger partial charge is 0.203 e. The van der Waals surface area contributed by atoms with E-state index in [0.717, 1.165) is 5.56 Å². The maximum Gasteiger partial charge on any atom is 0.203 e. The lowest BCUT2D eigenvalue weighted by Gasteiger charge is -2.12. The van der Waals surface area contributed by atoms with Crippen molar-refractivity contribution < 1.29 is 18.9 Å². The number of nitrogen functional groups attached to an aromatic ring is 1. The van der Waals surface area contributed by atoms with E-state index in [9.17, 15) is 0 Å². The fraction of sp³-hybridized carbons (Fsp3) is 0.222. The van der Waals surface area contributed by atoms with Crippen LogP contribution >= 0.6 is 0 Å². The molecule has 8 nitrogen and oxygen atoms in total. The van der Waals surface area contributed by atoms with Crippen LogP contribution in [0.2, 0.25) is 0 Å². The molecule has 0 aliphatic rings. The molecule has 0 aliphatic heterocycles. The molecule has 0 spiro atoms. The number of rotatable bonds is 6. The largest absolute Gasteiger partial charge is 0.496 e. The highest BCUT2D eigenvalue weighted by Gasteiger charge is 2.18. The Labute approximate surface area is 150 Å². The molecule has 0 bridgehead atoms. The van der Waals surface area contributed by atoms with Crippen molar-refractivity contribution in [1.29, 1.82) is 0 Å². The van der Waals surface area contributed by atoms with Gasteiger partial charge in [0.2, 0.25) is 5.75 Å². The van der Waals surface area contributed by atoms with Gasteiger partial charge in [0.25, 0.3) is 0 Å². The summed E-state index contributed by atoms with van der Waals surface area (Å²) in [6.07, 6.45) is 0. The molecule has 3 aromatic rings. The van der Waals surface area contributed by atoms with Gasteiger partial charge in [-0.3, -0.25) is 5.10 Å². The van der Waals surface area contributed by atoms with E-state index >= 15 is 0 Å². The van der Waals surface area contributed by atoms with E-state index in [-0.39, 0.29) is 0 Å². The maximum absolute atomic E-state index is 5.88. The van der Waals surface area contributed by atoms with Gasteiger partial charge in [-0.1, -0.05) is 0 Å². The zero-order valence-electron chi connectivity index (χ0n) is 15.0. The fourth-order valence-corrected chi connectivity index (χ4v) is 2.63. The van der Waals surface area contributed by atoms with Gasteiger partial charge in [-0.2, -0.15) is 5.10 Å². The van der Waals surface area contributed by atoms with E-state index in [4.69, 9.17) is 24.7 Å². The van der Waals surface area contributed by atoms with E-state index in [1.165, 1.54) is 0 Å². The zero-order chi connectivity index (χ0) is 18.7. The monoisotopic (exact) mass is 356 g/mol. The Morgan fingerprint density at radius 3 is 2.08 bits per heavy atom. The molecule has 2 aromatic carbocycles. The summed E-state index contributed by atoms with van der Waals surface area (Å²) in [5, 5.41) is 7.21. The molecular formula is C18H20N4O4. The number of hydrogen-bond donors (Lipinski definition) is 2. The van der Waals surface area contributed by atoms with Crippen molar-refractivity contribution in [2.75, 3.05) is 34.2 Å². The molecule has 0 fully saturated rings. The summed E-state index contributed by atoms with van der Waals surface area (Å²) in [6.45, 7) is 0. The first-order chi connectivity index (χ1) is 12.6. The molecule has 0 unspecified atom stereocenters. The first kappa shape index (κ1) is 17.4. The first-order valence-corrected chi connectivity index (χ1v) is 7.78. The Bertz CT molecular complexity index is 898. The van der Waals surface area contributed by atoms with Crippen molar-refractivity contribution in [1.82, 2.24) is 15.2 Å². The number of aromatic amines is 1. The molecule has 0 saturated carbocycles. The number of aromatic nitrogens is 3. The Balaban J connectivity index is 2.07. The van der Waals surface area contributed by atoms with Gasteiger partial charge in [-0.05, 0) is 30.3 Å². The van der Waals surface area contributed by atoms with Gasteiger partial charge < -0.3 is 24.7 Å². The highest BCUT2D eigenvalue weighted by atomic mass is 16.5. The molecule has 0 saturated heterocycles. The summed E-state index contributed by atoms with van der Waals surface area (Å²) in [6, 6.07) is 8.89. The number of ether oxygens (including phenoxy) is 4. The van der Waals surface area contributed by atoms with Gasteiger partial charge in [0.05, 0.1) is 34.0 Å². The van der Waals surface area contributed by atoms with Crippen LogP contribution in [0, 0.1) is 0 Å². The lowest BCUT2D eigenvalue weighted by molar-refractivity contribution is 0.324. The van der Waals surface area contributed by atoms with Gasteiger partial charge in [0.1, 0.15) is 5.75 Å². The number of methoxy groups -OCH3 is 4. The molecule has 3 N–H and O–H groups in total. The van der Waals surface area contributed by atoms with Crippen LogP contribution in [0.4, 0.5) is 5.69 Å². The lowest BCUT2D eigenvalue weighted by Crippen LogP contribution is -1.96. The van der Waals surface area contributed by atoms with Crippen LogP contribution in [0.25, 0.3) is 22.8 Å². The minimum atomic E-state index is 0.476. The number of nitrogens with zero attached hydrogens (tertiary/aromatic N) is 2. The van der Waals surface area contributed by atoms with Crippen LogP contribution in [0.1, 0.15) is 0 Å². The number of benzene rings is 2. The molecule has 1 aromatic heterocycles. The summed E-state index contributed by atoms with van der Waals surface area (Å²) < 4.78 is 21.5. The first-order valence-electron chi connectivity index (χ1n) is 7.78. The topological polar surface area (TPSA) is 105 Å². The van der Waals surface area contributed by atoms with Gasteiger partial charge in [-0.25, -0.2) is 4.98 Å². The third-order valence-electron chi connectivity index (χ3n) is 3.89. The van der Waals surface area contributed by atoms with Crippen molar-refractivity contribution in [2.24, 2.45) is 0 Å². The van der Waals surface area contributed by atoms with Crippen molar-refractivity contribution in [2.45, 2.75) is 0 Å². The van der Waals surface area contributed by atoms with Crippen LogP contribution in [-0.4, -0.2) is 43.6 Å². The summed E-state index contributed by atoms with van der Waals surface area (Å²) in [5.74, 6) is 3.21. The van der Waals surface area contributed by atoms with Crippen LogP contribution in [-0.2, 0) is 0 Å². The number of nitrogens with two attached hydrogens (primary N) is 1. The van der Waals surface area contributed by atoms with Crippen LogP contribution < -0.4 is 24.7 Å². The second-order valence-electron chi connectivity index (χ2n) is 5.38. The molecular weight excluding hydrogens is 336 g/mol. The highest BCUT2D eigenvalue weighted by Crippen LogP contribution is 2.41. The second-order valence-corrected chi connectivity index (χ2v) is 5.38. The number of H-pyrrole nitrogens is 1. The molecule has 136 valence electrons. The number of anilines is 1. The molecule has 8 heteroatoms. The van der Waals surface area contributed by atoms with Crippen molar-refractivity contribution in [3.63, 3.8) is 0 Å². The molecule has 3 rings (SSSR count). The second kappa shape index (κ2) is 7.22. The molecule has 0 aliphatic carbocycles. The Kier molecular flexibility index (Phi) is 4.83. The normalized spacial score (nSPS) is 10.5. The Morgan fingerprint density at radius 1 is 0.846 bits per heavy atom. The molecule has 1 heterocycles. The third-order valence-corrected chi connectivity index (χ3v) is 3.89. The van der Waals surface area contributed by atoms with E-state index in [0.29, 0.717) is 45.9 Å².